The Hall–Kier alpha value is -1.07. The smallest absolute Gasteiger partial charge is 0.194 e. The van der Waals surface area contributed by atoms with Crippen LogP contribution in [0.1, 0.15) is 37.8 Å². The van der Waals surface area contributed by atoms with E-state index in [1.807, 2.05) is 0 Å². The van der Waals surface area contributed by atoms with Gasteiger partial charge in [-0.3, -0.25) is 4.90 Å². The molecule has 1 aliphatic heterocycles. The second-order valence-corrected chi connectivity index (χ2v) is 5.21. The summed E-state index contributed by atoms with van der Waals surface area (Å²) in [6, 6.07) is 2.23. The summed E-state index contributed by atoms with van der Waals surface area (Å²) in [7, 11) is 0. The molecule has 0 spiro atoms. The van der Waals surface area contributed by atoms with E-state index in [1.165, 1.54) is 6.07 Å². The van der Waals surface area contributed by atoms with Gasteiger partial charge in [0.25, 0.3) is 0 Å². The largest absolute Gasteiger partial charge is 0.314 e. The average molecular weight is 286 g/mol. The molecule has 1 atom stereocenters. The van der Waals surface area contributed by atoms with Gasteiger partial charge >= 0.3 is 0 Å². The van der Waals surface area contributed by atoms with Crippen molar-refractivity contribution in [1.29, 1.82) is 0 Å². The first-order chi connectivity index (χ1) is 9.65. The highest BCUT2D eigenvalue weighted by atomic mass is 19.2. The lowest BCUT2D eigenvalue weighted by Gasteiger charge is -2.35. The first-order valence-electron chi connectivity index (χ1n) is 7.23. The van der Waals surface area contributed by atoms with Gasteiger partial charge < -0.3 is 5.32 Å². The first kappa shape index (κ1) is 15.3. The molecular weight excluding hydrogens is 265 g/mol. The molecule has 1 aromatic rings. The fourth-order valence-electron chi connectivity index (χ4n) is 2.72. The van der Waals surface area contributed by atoms with Gasteiger partial charge in [0.15, 0.2) is 17.5 Å². The number of hydrogen-bond donors (Lipinski definition) is 1. The first-order valence-corrected chi connectivity index (χ1v) is 7.23. The Labute approximate surface area is 118 Å². The lowest BCUT2D eigenvalue weighted by atomic mass is 9.98. The van der Waals surface area contributed by atoms with Crippen molar-refractivity contribution >= 4 is 0 Å². The Bertz CT molecular complexity index is 445. The van der Waals surface area contributed by atoms with E-state index >= 15 is 0 Å². The van der Waals surface area contributed by atoms with Crippen LogP contribution in [-0.4, -0.2) is 31.1 Å². The number of hydrogen-bond acceptors (Lipinski definition) is 2. The lowest BCUT2D eigenvalue weighted by Crippen LogP contribution is -2.45. The van der Waals surface area contributed by atoms with E-state index in [-0.39, 0.29) is 11.6 Å². The molecule has 2 rings (SSSR count). The molecule has 0 aliphatic carbocycles. The van der Waals surface area contributed by atoms with Gasteiger partial charge in [0.05, 0.1) is 0 Å². The molecule has 0 saturated carbocycles. The predicted octanol–water partition coefficient (Wildman–Crippen LogP) is 3.24. The van der Waals surface area contributed by atoms with Crippen LogP contribution in [0.2, 0.25) is 0 Å². The minimum Gasteiger partial charge on any atom is -0.314 e. The number of piperazine rings is 1. The van der Waals surface area contributed by atoms with Gasteiger partial charge in [-0.05, 0) is 12.5 Å². The Kier molecular flexibility index (Phi) is 5.43. The van der Waals surface area contributed by atoms with Crippen molar-refractivity contribution in [2.45, 2.75) is 32.2 Å². The van der Waals surface area contributed by atoms with Crippen LogP contribution in [0.3, 0.4) is 0 Å². The van der Waals surface area contributed by atoms with Gasteiger partial charge in [-0.1, -0.05) is 25.8 Å². The van der Waals surface area contributed by atoms with Crippen molar-refractivity contribution in [2.75, 3.05) is 26.2 Å². The Morgan fingerprint density at radius 1 is 1.15 bits per heavy atom. The molecule has 1 N–H and O–H groups in total. The molecule has 20 heavy (non-hydrogen) atoms. The lowest BCUT2D eigenvalue weighted by molar-refractivity contribution is 0.159. The van der Waals surface area contributed by atoms with Crippen molar-refractivity contribution < 1.29 is 13.2 Å². The van der Waals surface area contributed by atoms with Gasteiger partial charge in [-0.25, -0.2) is 13.2 Å². The van der Waals surface area contributed by atoms with Crippen LogP contribution in [-0.2, 0) is 0 Å². The van der Waals surface area contributed by atoms with Crippen molar-refractivity contribution in [3.63, 3.8) is 0 Å². The van der Waals surface area contributed by atoms with Crippen LogP contribution in [0.5, 0.6) is 0 Å². The van der Waals surface area contributed by atoms with E-state index in [4.69, 9.17) is 0 Å². The van der Waals surface area contributed by atoms with Gasteiger partial charge in [0.1, 0.15) is 0 Å². The van der Waals surface area contributed by atoms with Crippen LogP contribution in [0.25, 0.3) is 0 Å². The Morgan fingerprint density at radius 3 is 2.50 bits per heavy atom. The van der Waals surface area contributed by atoms with Crippen molar-refractivity contribution in [1.82, 2.24) is 10.2 Å². The zero-order valence-corrected chi connectivity index (χ0v) is 11.8. The summed E-state index contributed by atoms with van der Waals surface area (Å²) in [5.74, 6) is -3.52. The molecule has 112 valence electrons. The zero-order chi connectivity index (χ0) is 14.5. The molecule has 1 fully saturated rings. The normalized spacial score (nSPS) is 18.2. The van der Waals surface area contributed by atoms with E-state index in [9.17, 15) is 13.2 Å². The standard InChI is InChI=1S/C15H21F3N2/c1-2-3-4-13(20-9-7-19-8-10-20)11-5-6-12(16)15(18)14(11)17/h5-6,13,19H,2-4,7-10H2,1H3/t13-/m0/s1. The second kappa shape index (κ2) is 7.09. The molecule has 1 aromatic carbocycles. The molecule has 1 aliphatic rings. The predicted molar refractivity (Wildman–Crippen MR) is 73.0 cm³/mol. The number of halogens is 3. The zero-order valence-electron chi connectivity index (χ0n) is 11.8. The molecule has 0 unspecified atom stereocenters. The summed E-state index contributed by atoms with van der Waals surface area (Å²) in [6.45, 7) is 5.35. The third-order valence-corrected chi connectivity index (χ3v) is 3.85. The van der Waals surface area contributed by atoms with Crippen LogP contribution in [0, 0.1) is 17.5 Å². The van der Waals surface area contributed by atoms with Crippen molar-refractivity contribution in [3.05, 3.63) is 35.1 Å². The van der Waals surface area contributed by atoms with Gasteiger partial charge in [0.2, 0.25) is 0 Å². The number of nitrogens with one attached hydrogen (secondary N) is 1. The van der Waals surface area contributed by atoms with Gasteiger partial charge in [-0.15, -0.1) is 0 Å². The number of unbranched alkanes of at least 4 members (excludes halogenated alkanes) is 1. The fourth-order valence-corrected chi connectivity index (χ4v) is 2.72. The number of rotatable bonds is 5. The van der Waals surface area contributed by atoms with E-state index in [1.54, 1.807) is 0 Å². The van der Waals surface area contributed by atoms with Gasteiger partial charge in [0, 0.05) is 37.8 Å². The number of nitrogens with zero attached hydrogens (tertiary/aromatic N) is 1. The summed E-state index contributed by atoms with van der Waals surface area (Å²) in [5.41, 5.74) is 0.277. The minimum atomic E-state index is -1.36. The highest BCUT2D eigenvalue weighted by molar-refractivity contribution is 5.24. The Balaban J connectivity index is 2.27. The molecule has 1 saturated heterocycles. The maximum absolute atomic E-state index is 14.0. The highest BCUT2D eigenvalue weighted by Gasteiger charge is 2.26. The molecule has 5 heteroatoms. The summed E-state index contributed by atoms with van der Waals surface area (Å²) in [5, 5.41) is 3.24. The molecule has 0 aromatic heterocycles. The Morgan fingerprint density at radius 2 is 1.85 bits per heavy atom. The SMILES string of the molecule is CCCC[C@@H](c1ccc(F)c(F)c1F)N1CCNCC1. The second-order valence-electron chi connectivity index (χ2n) is 5.21. The maximum Gasteiger partial charge on any atom is 0.194 e. The molecule has 0 radical (unpaired) electrons. The molecule has 2 nitrogen and oxygen atoms in total. The molecular formula is C15H21F3N2. The molecule has 0 bridgehead atoms. The fraction of sp³-hybridized carbons (Fsp3) is 0.600. The summed E-state index contributed by atoms with van der Waals surface area (Å²) in [6.07, 6.45) is 2.69. The third-order valence-electron chi connectivity index (χ3n) is 3.85. The summed E-state index contributed by atoms with van der Waals surface area (Å²) in [4.78, 5) is 2.15. The topological polar surface area (TPSA) is 15.3 Å². The van der Waals surface area contributed by atoms with Crippen LogP contribution in [0.4, 0.5) is 13.2 Å². The van der Waals surface area contributed by atoms with E-state index < -0.39 is 17.5 Å². The summed E-state index contributed by atoms with van der Waals surface area (Å²) < 4.78 is 40.6. The van der Waals surface area contributed by atoms with Crippen LogP contribution >= 0.6 is 0 Å². The van der Waals surface area contributed by atoms with Gasteiger partial charge in [-0.2, -0.15) is 0 Å². The number of benzene rings is 1. The van der Waals surface area contributed by atoms with Crippen molar-refractivity contribution in [2.24, 2.45) is 0 Å². The summed E-state index contributed by atoms with van der Waals surface area (Å²) >= 11 is 0. The van der Waals surface area contributed by atoms with E-state index in [2.05, 4.69) is 17.1 Å². The van der Waals surface area contributed by atoms with Crippen molar-refractivity contribution in [3.8, 4) is 0 Å². The van der Waals surface area contributed by atoms with Crippen LogP contribution in [0.15, 0.2) is 12.1 Å². The monoisotopic (exact) mass is 286 g/mol. The highest BCUT2D eigenvalue weighted by Crippen LogP contribution is 2.30. The van der Waals surface area contributed by atoms with E-state index in [0.717, 1.165) is 51.5 Å². The quantitative estimate of drug-likeness (QED) is 0.836. The maximum atomic E-state index is 14.0. The van der Waals surface area contributed by atoms with Crippen LogP contribution < -0.4 is 5.32 Å². The minimum absolute atomic E-state index is 0.174. The third kappa shape index (κ3) is 3.33. The average Bonchev–Trinajstić information content (AvgIpc) is 2.48. The molecule has 1 heterocycles. The van der Waals surface area contributed by atoms with E-state index in [0.29, 0.717) is 0 Å². The molecule has 0 amide bonds.